The van der Waals surface area contributed by atoms with E-state index in [1.807, 2.05) is 62.4 Å². The highest BCUT2D eigenvalue weighted by atomic mass is 16.5. The number of benzene rings is 3. The standard InChI is InChI=1S/C32H31N7O5/c1-20-8-10-22(11-9-20)39-29(16-21(2)38-39)37-32(42)35-26-12-13-27(25-7-5-4-6-24(25)26)44-23-14-15-33-28(17-23)36-30(40)18-34-31(41)19-43-3/h4-17H,18-19H2,1-3H3,(H,34,41)(H,33,36,40)(H2,35,37,42). The summed E-state index contributed by atoms with van der Waals surface area (Å²) in [7, 11) is 1.39. The maximum Gasteiger partial charge on any atom is 0.324 e. The van der Waals surface area contributed by atoms with Crippen LogP contribution in [0, 0.1) is 13.8 Å². The smallest absolute Gasteiger partial charge is 0.324 e. The quantitative estimate of drug-likeness (QED) is 0.174. The van der Waals surface area contributed by atoms with Gasteiger partial charge in [-0.25, -0.2) is 14.5 Å². The number of carbonyl (C=O) groups is 3. The largest absolute Gasteiger partial charge is 0.457 e. The molecule has 0 aliphatic rings. The summed E-state index contributed by atoms with van der Waals surface area (Å²) >= 11 is 0. The second-order valence-electron chi connectivity index (χ2n) is 9.89. The normalized spacial score (nSPS) is 10.7. The van der Waals surface area contributed by atoms with Crippen molar-refractivity contribution in [3.63, 3.8) is 0 Å². The van der Waals surface area contributed by atoms with E-state index in [2.05, 4.69) is 31.3 Å². The van der Waals surface area contributed by atoms with E-state index in [1.54, 1.807) is 35.0 Å². The number of anilines is 3. The zero-order valence-corrected chi connectivity index (χ0v) is 24.4. The van der Waals surface area contributed by atoms with Crippen molar-refractivity contribution < 1.29 is 23.9 Å². The van der Waals surface area contributed by atoms with Crippen molar-refractivity contribution in [2.45, 2.75) is 13.8 Å². The van der Waals surface area contributed by atoms with E-state index >= 15 is 0 Å². The topological polar surface area (TPSA) is 148 Å². The Kier molecular flexibility index (Phi) is 9.11. The Labute approximate surface area is 253 Å². The molecule has 44 heavy (non-hydrogen) atoms. The molecular weight excluding hydrogens is 562 g/mol. The van der Waals surface area contributed by atoms with Gasteiger partial charge in [-0.2, -0.15) is 5.10 Å². The number of amides is 4. The Morgan fingerprint density at radius 3 is 2.39 bits per heavy atom. The van der Waals surface area contributed by atoms with Crippen LogP contribution in [-0.4, -0.2) is 52.9 Å². The molecule has 4 N–H and O–H groups in total. The fourth-order valence-electron chi connectivity index (χ4n) is 4.43. The van der Waals surface area contributed by atoms with Gasteiger partial charge in [0.25, 0.3) is 0 Å². The van der Waals surface area contributed by atoms with E-state index in [0.717, 1.165) is 27.7 Å². The molecule has 0 saturated carbocycles. The first-order valence-corrected chi connectivity index (χ1v) is 13.7. The summed E-state index contributed by atoms with van der Waals surface area (Å²) in [4.78, 5) is 41.0. The second-order valence-corrected chi connectivity index (χ2v) is 9.89. The molecular formula is C32H31N7O5. The fraction of sp³-hybridized carbons (Fsp3) is 0.156. The van der Waals surface area contributed by atoms with Crippen molar-refractivity contribution in [3.05, 3.63) is 96.3 Å². The molecule has 0 saturated heterocycles. The van der Waals surface area contributed by atoms with Crippen LogP contribution < -0.4 is 26.0 Å². The first-order chi connectivity index (χ1) is 21.3. The van der Waals surface area contributed by atoms with E-state index in [4.69, 9.17) is 9.47 Å². The Hall–Kier alpha value is -5.75. The monoisotopic (exact) mass is 593 g/mol. The first-order valence-electron chi connectivity index (χ1n) is 13.7. The lowest BCUT2D eigenvalue weighted by Gasteiger charge is -2.15. The van der Waals surface area contributed by atoms with Crippen molar-refractivity contribution in [2.24, 2.45) is 0 Å². The predicted octanol–water partition coefficient (Wildman–Crippen LogP) is 5.17. The van der Waals surface area contributed by atoms with Gasteiger partial charge in [0.1, 0.15) is 29.7 Å². The van der Waals surface area contributed by atoms with Gasteiger partial charge in [-0.3, -0.25) is 14.9 Å². The molecule has 12 heteroatoms. The molecule has 0 aliphatic carbocycles. The van der Waals surface area contributed by atoms with Crippen molar-refractivity contribution in [3.8, 4) is 17.2 Å². The molecule has 5 rings (SSSR count). The van der Waals surface area contributed by atoms with Crippen molar-refractivity contribution in [1.82, 2.24) is 20.1 Å². The summed E-state index contributed by atoms with van der Waals surface area (Å²) in [5, 5.41) is 17.0. The molecule has 0 fully saturated rings. The Morgan fingerprint density at radius 2 is 1.61 bits per heavy atom. The Balaban J connectivity index is 1.29. The number of hydrogen-bond donors (Lipinski definition) is 4. The van der Waals surface area contributed by atoms with E-state index in [1.165, 1.54) is 13.3 Å². The summed E-state index contributed by atoms with van der Waals surface area (Å²) < 4.78 is 12.6. The van der Waals surface area contributed by atoms with Crippen LogP contribution in [0.15, 0.2) is 85.1 Å². The Morgan fingerprint density at radius 1 is 0.841 bits per heavy atom. The predicted molar refractivity (Wildman–Crippen MR) is 167 cm³/mol. The van der Waals surface area contributed by atoms with Gasteiger partial charge in [0.15, 0.2) is 0 Å². The van der Waals surface area contributed by atoms with Gasteiger partial charge in [0.05, 0.1) is 23.6 Å². The molecule has 4 amide bonds. The molecule has 5 aromatic rings. The van der Waals surface area contributed by atoms with Crippen LogP contribution in [0.2, 0.25) is 0 Å². The van der Waals surface area contributed by atoms with Gasteiger partial charge < -0.3 is 25.4 Å². The number of pyridine rings is 1. The number of methoxy groups -OCH3 is 1. The Bertz CT molecular complexity index is 1820. The minimum atomic E-state index is -0.449. The first kappa shape index (κ1) is 29.7. The van der Waals surface area contributed by atoms with Gasteiger partial charge in [0, 0.05) is 36.2 Å². The van der Waals surface area contributed by atoms with Gasteiger partial charge in [-0.1, -0.05) is 42.0 Å². The average molecular weight is 594 g/mol. The van der Waals surface area contributed by atoms with E-state index in [9.17, 15) is 14.4 Å². The van der Waals surface area contributed by atoms with Gasteiger partial charge in [-0.05, 0) is 44.2 Å². The zero-order valence-electron chi connectivity index (χ0n) is 24.4. The minimum Gasteiger partial charge on any atom is -0.457 e. The van der Waals surface area contributed by atoms with Crippen LogP contribution >= 0.6 is 0 Å². The summed E-state index contributed by atoms with van der Waals surface area (Å²) in [6.45, 7) is 3.51. The lowest BCUT2D eigenvalue weighted by Crippen LogP contribution is -2.35. The van der Waals surface area contributed by atoms with Crippen LogP contribution in [0.25, 0.3) is 16.5 Å². The number of rotatable bonds is 10. The molecule has 0 spiro atoms. The number of ether oxygens (including phenoxy) is 2. The second kappa shape index (κ2) is 13.5. The van der Waals surface area contributed by atoms with Crippen LogP contribution in [0.4, 0.5) is 22.1 Å². The molecule has 2 heterocycles. The zero-order chi connectivity index (χ0) is 31.1. The third-order valence-electron chi connectivity index (χ3n) is 6.43. The van der Waals surface area contributed by atoms with E-state index in [0.29, 0.717) is 23.0 Å². The SMILES string of the molecule is COCC(=O)NCC(=O)Nc1cc(Oc2ccc(NC(=O)Nc3cc(C)nn3-c3ccc(C)cc3)c3ccccc23)ccn1. The summed E-state index contributed by atoms with van der Waals surface area (Å²) in [6, 6.07) is 23.5. The maximum absolute atomic E-state index is 13.1. The highest BCUT2D eigenvalue weighted by molar-refractivity contribution is 6.07. The maximum atomic E-state index is 13.1. The highest BCUT2D eigenvalue weighted by Crippen LogP contribution is 2.35. The summed E-state index contributed by atoms with van der Waals surface area (Å²) in [5.74, 6) is 0.908. The number of fused-ring (bicyclic) bond motifs is 1. The summed E-state index contributed by atoms with van der Waals surface area (Å²) in [6.07, 6.45) is 1.50. The minimum absolute atomic E-state index is 0.138. The molecule has 0 radical (unpaired) electrons. The van der Waals surface area contributed by atoms with Crippen LogP contribution in [0.5, 0.6) is 11.5 Å². The number of aryl methyl sites for hydroxylation is 2. The molecule has 3 aromatic carbocycles. The number of carbonyl (C=O) groups excluding carboxylic acids is 3. The molecule has 12 nitrogen and oxygen atoms in total. The van der Waals surface area contributed by atoms with Crippen molar-refractivity contribution in [1.29, 1.82) is 0 Å². The highest BCUT2D eigenvalue weighted by Gasteiger charge is 2.14. The third-order valence-corrected chi connectivity index (χ3v) is 6.43. The number of urea groups is 1. The molecule has 2 aromatic heterocycles. The summed E-state index contributed by atoms with van der Waals surface area (Å²) in [5.41, 5.74) is 3.31. The van der Waals surface area contributed by atoms with Crippen LogP contribution in [0.1, 0.15) is 11.3 Å². The molecule has 0 aliphatic heterocycles. The number of nitrogens with zero attached hydrogens (tertiary/aromatic N) is 3. The van der Waals surface area contributed by atoms with Crippen molar-refractivity contribution >= 4 is 45.9 Å². The molecule has 0 unspecified atom stereocenters. The lowest BCUT2D eigenvalue weighted by atomic mass is 10.1. The fourth-order valence-corrected chi connectivity index (χ4v) is 4.43. The lowest BCUT2D eigenvalue weighted by molar-refractivity contribution is -0.127. The molecule has 224 valence electrons. The van der Waals surface area contributed by atoms with Crippen LogP contribution in [-0.2, 0) is 14.3 Å². The van der Waals surface area contributed by atoms with Gasteiger partial charge >= 0.3 is 6.03 Å². The van der Waals surface area contributed by atoms with Crippen molar-refractivity contribution in [2.75, 3.05) is 36.2 Å². The number of nitrogens with one attached hydrogen (secondary N) is 4. The van der Waals surface area contributed by atoms with E-state index < -0.39 is 17.8 Å². The number of aromatic nitrogens is 3. The van der Waals surface area contributed by atoms with Crippen LogP contribution in [0.3, 0.4) is 0 Å². The molecule has 0 bridgehead atoms. The van der Waals surface area contributed by atoms with Gasteiger partial charge in [0.2, 0.25) is 11.8 Å². The van der Waals surface area contributed by atoms with E-state index in [-0.39, 0.29) is 19.0 Å². The van der Waals surface area contributed by atoms with Gasteiger partial charge in [-0.15, -0.1) is 0 Å². The number of hydrogen-bond acceptors (Lipinski definition) is 7. The molecule has 0 atom stereocenters. The third kappa shape index (κ3) is 7.36. The average Bonchev–Trinajstić information content (AvgIpc) is 3.37.